The van der Waals surface area contributed by atoms with Gasteiger partial charge in [-0.15, -0.1) is 0 Å². The molecule has 0 amide bonds. The summed E-state index contributed by atoms with van der Waals surface area (Å²) in [5, 5.41) is 3.60. The summed E-state index contributed by atoms with van der Waals surface area (Å²) in [6.07, 6.45) is 10.6. The standard InChI is InChI=1S/C13H23NO/c1-2-14-13(11-6-3-4-7-11)10-12-8-5-9-15-12/h6,12-14H,2-5,7-10H2,1H3. The number of hydrogen-bond acceptors (Lipinski definition) is 2. The Kier molecular flexibility index (Phi) is 4.21. The molecule has 2 atom stereocenters. The number of ether oxygens (including phenoxy) is 1. The van der Waals surface area contributed by atoms with Gasteiger partial charge in [-0.2, -0.15) is 0 Å². The molecule has 1 N–H and O–H groups in total. The summed E-state index contributed by atoms with van der Waals surface area (Å²) in [6, 6.07) is 0.584. The summed E-state index contributed by atoms with van der Waals surface area (Å²) in [4.78, 5) is 0. The number of allylic oxidation sites excluding steroid dienone is 1. The van der Waals surface area contributed by atoms with Crippen LogP contribution in [0.5, 0.6) is 0 Å². The largest absolute Gasteiger partial charge is 0.378 e. The zero-order chi connectivity index (χ0) is 10.5. The van der Waals surface area contributed by atoms with Gasteiger partial charge < -0.3 is 10.1 Å². The van der Waals surface area contributed by atoms with Crippen LogP contribution in [0, 0.1) is 0 Å². The molecule has 2 nitrogen and oxygen atoms in total. The van der Waals surface area contributed by atoms with E-state index in [1.807, 2.05) is 0 Å². The molecule has 2 aliphatic rings. The van der Waals surface area contributed by atoms with Crippen LogP contribution >= 0.6 is 0 Å². The molecule has 0 radical (unpaired) electrons. The fourth-order valence-corrected chi connectivity index (χ4v) is 2.72. The Balaban J connectivity index is 1.86. The normalized spacial score (nSPS) is 28.1. The van der Waals surface area contributed by atoms with Gasteiger partial charge in [-0.1, -0.05) is 18.6 Å². The molecular weight excluding hydrogens is 186 g/mol. The van der Waals surface area contributed by atoms with Gasteiger partial charge in [0.1, 0.15) is 0 Å². The first kappa shape index (κ1) is 11.2. The molecule has 1 saturated heterocycles. The van der Waals surface area contributed by atoms with Crippen molar-refractivity contribution in [2.45, 2.75) is 57.6 Å². The first-order chi connectivity index (χ1) is 7.40. The third-order valence-corrected chi connectivity index (χ3v) is 3.50. The molecule has 1 aliphatic heterocycles. The summed E-state index contributed by atoms with van der Waals surface area (Å²) in [5.74, 6) is 0. The predicted octanol–water partition coefficient (Wildman–Crippen LogP) is 2.64. The Bertz CT molecular complexity index is 219. The Hall–Kier alpha value is -0.340. The lowest BCUT2D eigenvalue weighted by Crippen LogP contribution is -2.33. The second-order valence-electron chi connectivity index (χ2n) is 4.65. The molecule has 2 heteroatoms. The van der Waals surface area contributed by atoms with Gasteiger partial charge in [-0.25, -0.2) is 0 Å². The minimum atomic E-state index is 0.510. The van der Waals surface area contributed by atoms with Crippen molar-refractivity contribution in [3.05, 3.63) is 11.6 Å². The minimum Gasteiger partial charge on any atom is -0.378 e. The lowest BCUT2D eigenvalue weighted by molar-refractivity contribution is 0.0977. The first-order valence-electron chi connectivity index (χ1n) is 6.44. The summed E-state index contributed by atoms with van der Waals surface area (Å²) in [5.41, 5.74) is 1.63. The van der Waals surface area contributed by atoms with E-state index >= 15 is 0 Å². The molecule has 0 aromatic rings. The summed E-state index contributed by atoms with van der Waals surface area (Å²) >= 11 is 0. The van der Waals surface area contributed by atoms with Crippen LogP contribution in [0.15, 0.2) is 11.6 Å². The maximum Gasteiger partial charge on any atom is 0.0594 e. The monoisotopic (exact) mass is 209 g/mol. The van der Waals surface area contributed by atoms with Crippen LogP contribution in [-0.4, -0.2) is 25.3 Å². The average Bonchev–Trinajstić information content (AvgIpc) is 2.89. The third kappa shape index (κ3) is 3.05. The molecule has 1 aliphatic carbocycles. The van der Waals surface area contributed by atoms with Crippen molar-refractivity contribution in [1.29, 1.82) is 0 Å². The van der Waals surface area contributed by atoms with Crippen LogP contribution in [-0.2, 0) is 4.74 Å². The Morgan fingerprint density at radius 1 is 1.53 bits per heavy atom. The third-order valence-electron chi connectivity index (χ3n) is 3.50. The Morgan fingerprint density at radius 3 is 3.07 bits per heavy atom. The van der Waals surface area contributed by atoms with E-state index in [1.54, 1.807) is 5.57 Å². The van der Waals surface area contributed by atoms with Gasteiger partial charge in [-0.3, -0.25) is 0 Å². The second kappa shape index (κ2) is 5.66. The molecule has 0 saturated carbocycles. The Morgan fingerprint density at radius 2 is 2.47 bits per heavy atom. The number of hydrogen-bond donors (Lipinski definition) is 1. The fourth-order valence-electron chi connectivity index (χ4n) is 2.72. The summed E-state index contributed by atoms with van der Waals surface area (Å²) < 4.78 is 5.72. The van der Waals surface area contributed by atoms with Crippen molar-refractivity contribution in [1.82, 2.24) is 5.32 Å². The molecule has 0 aromatic heterocycles. The SMILES string of the molecule is CCNC(CC1CCCO1)C1=CCCC1. The lowest BCUT2D eigenvalue weighted by Gasteiger charge is -2.22. The molecule has 1 fully saturated rings. The number of rotatable bonds is 5. The van der Waals surface area contributed by atoms with Crippen LogP contribution in [0.2, 0.25) is 0 Å². The van der Waals surface area contributed by atoms with E-state index in [4.69, 9.17) is 4.74 Å². The second-order valence-corrected chi connectivity index (χ2v) is 4.65. The highest BCUT2D eigenvalue weighted by Crippen LogP contribution is 2.26. The topological polar surface area (TPSA) is 21.3 Å². The average molecular weight is 209 g/mol. The molecule has 0 aromatic carbocycles. The van der Waals surface area contributed by atoms with E-state index in [9.17, 15) is 0 Å². The van der Waals surface area contributed by atoms with E-state index in [2.05, 4.69) is 18.3 Å². The minimum absolute atomic E-state index is 0.510. The highest BCUT2D eigenvalue weighted by atomic mass is 16.5. The number of likely N-dealkylation sites (N-methyl/N-ethyl adjacent to an activating group) is 1. The summed E-state index contributed by atoms with van der Waals surface area (Å²) in [7, 11) is 0. The predicted molar refractivity (Wildman–Crippen MR) is 63.0 cm³/mol. The highest BCUT2D eigenvalue weighted by Gasteiger charge is 2.23. The fraction of sp³-hybridized carbons (Fsp3) is 0.846. The first-order valence-corrected chi connectivity index (χ1v) is 6.44. The zero-order valence-corrected chi connectivity index (χ0v) is 9.80. The van der Waals surface area contributed by atoms with Gasteiger partial charge in [0.25, 0.3) is 0 Å². The molecule has 0 bridgehead atoms. The molecule has 2 unspecified atom stereocenters. The van der Waals surface area contributed by atoms with Crippen molar-refractivity contribution in [3.63, 3.8) is 0 Å². The van der Waals surface area contributed by atoms with E-state index in [1.165, 1.54) is 38.5 Å². The van der Waals surface area contributed by atoms with Gasteiger partial charge in [0, 0.05) is 12.6 Å². The molecular formula is C13H23NO. The number of nitrogens with one attached hydrogen (secondary N) is 1. The Labute approximate surface area is 93.1 Å². The van der Waals surface area contributed by atoms with Crippen molar-refractivity contribution < 1.29 is 4.74 Å². The van der Waals surface area contributed by atoms with E-state index < -0.39 is 0 Å². The van der Waals surface area contributed by atoms with E-state index in [-0.39, 0.29) is 0 Å². The molecule has 1 heterocycles. The van der Waals surface area contributed by atoms with E-state index in [0.29, 0.717) is 12.1 Å². The van der Waals surface area contributed by atoms with Crippen LogP contribution in [0.25, 0.3) is 0 Å². The van der Waals surface area contributed by atoms with Crippen molar-refractivity contribution in [3.8, 4) is 0 Å². The molecule has 2 rings (SSSR count). The van der Waals surface area contributed by atoms with Crippen molar-refractivity contribution >= 4 is 0 Å². The van der Waals surface area contributed by atoms with Gasteiger partial charge in [0.05, 0.1) is 6.10 Å². The van der Waals surface area contributed by atoms with Crippen molar-refractivity contribution in [2.24, 2.45) is 0 Å². The summed E-state index contributed by atoms with van der Waals surface area (Å²) in [6.45, 7) is 4.23. The lowest BCUT2D eigenvalue weighted by atomic mass is 9.99. The van der Waals surface area contributed by atoms with Crippen LogP contribution in [0.3, 0.4) is 0 Å². The molecule has 0 spiro atoms. The molecule has 15 heavy (non-hydrogen) atoms. The smallest absolute Gasteiger partial charge is 0.0594 e. The van der Waals surface area contributed by atoms with Crippen LogP contribution in [0.1, 0.15) is 45.4 Å². The highest BCUT2D eigenvalue weighted by molar-refractivity contribution is 5.15. The quantitative estimate of drug-likeness (QED) is 0.703. The maximum atomic E-state index is 5.72. The van der Waals surface area contributed by atoms with Gasteiger partial charge in [0.15, 0.2) is 0 Å². The van der Waals surface area contributed by atoms with Gasteiger partial charge in [0.2, 0.25) is 0 Å². The van der Waals surface area contributed by atoms with E-state index in [0.717, 1.165) is 13.2 Å². The van der Waals surface area contributed by atoms with Crippen LogP contribution in [0.4, 0.5) is 0 Å². The zero-order valence-electron chi connectivity index (χ0n) is 9.80. The maximum absolute atomic E-state index is 5.72. The van der Waals surface area contributed by atoms with Gasteiger partial charge in [-0.05, 0) is 45.1 Å². The van der Waals surface area contributed by atoms with Crippen LogP contribution < -0.4 is 5.32 Å². The molecule has 86 valence electrons. The van der Waals surface area contributed by atoms with Crippen molar-refractivity contribution in [2.75, 3.05) is 13.2 Å². The van der Waals surface area contributed by atoms with Gasteiger partial charge >= 0.3 is 0 Å².